The van der Waals surface area contributed by atoms with Gasteiger partial charge in [-0.1, -0.05) is 41.5 Å². The number of hydrogen-bond acceptors (Lipinski definition) is 2. The second kappa shape index (κ2) is 3.82. The molecule has 1 rings (SSSR count). The summed E-state index contributed by atoms with van der Waals surface area (Å²) < 4.78 is 6.15. The van der Waals surface area contributed by atoms with Gasteiger partial charge in [-0.05, 0) is 10.8 Å². The van der Waals surface area contributed by atoms with Crippen LogP contribution in [0.3, 0.4) is 0 Å². The second-order valence-electron chi connectivity index (χ2n) is 6.50. The Kier molecular flexibility index (Phi) is 3.27. The van der Waals surface area contributed by atoms with Gasteiger partial charge in [0.2, 0.25) is 0 Å². The first-order valence-corrected chi connectivity index (χ1v) is 5.57. The summed E-state index contributed by atoms with van der Waals surface area (Å²) in [6.07, 6.45) is 0.668. The minimum absolute atomic E-state index is 0.233. The summed E-state index contributed by atoms with van der Waals surface area (Å²) in [4.78, 5) is 0. The fourth-order valence-corrected chi connectivity index (χ4v) is 1.66. The van der Waals surface area contributed by atoms with Crippen LogP contribution in [0.1, 0.15) is 41.5 Å². The third-order valence-corrected chi connectivity index (χ3v) is 2.92. The zero-order chi connectivity index (χ0) is 11.0. The Balaban J connectivity index is 2.61. The minimum Gasteiger partial charge on any atom is -0.371 e. The van der Waals surface area contributed by atoms with Crippen LogP contribution < -0.4 is 5.32 Å². The lowest BCUT2D eigenvalue weighted by atomic mass is 9.84. The summed E-state index contributed by atoms with van der Waals surface area (Å²) in [5.74, 6) is 0. The van der Waals surface area contributed by atoms with Crippen LogP contribution in [0.4, 0.5) is 0 Å². The SMILES string of the molecule is CC(C)(C)[C@H]1CNC[C@H](C(C)(C)C)O1. The molecule has 1 heterocycles. The fourth-order valence-electron chi connectivity index (χ4n) is 1.66. The van der Waals surface area contributed by atoms with Crippen molar-refractivity contribution in [3.63, 3.8) is 0 Å². The molecule has 0 unspecified atom stereocenters. The van der Waals surface area contributed by atoms with Crippen molar-refractivity contribution in [3.05, 3.63) is 0 Å². The average Bonchev–Trinajstić information content (AvgIpc) is 2.01. The largest absolute Gasteiger partial charge is 0.371 e. The van der Waals surface area contributed by atoms with Crippen LogP contribution >= 0.6 is 0 Å². The number of morpholine rings is 1. The maximum atomic E-state index is 6.15. The molecular weight excluding hydrogens is 174 g/mol. The van der Waals surface area contributed by atoms with Crippen LogP contribution in [0, 0.1) is 10.8 Å². The molecule has 2 atom stereocenters. The molecule has 2 heteroatoms. The average molecular weight is 199 g/mol. The van der Waals surface area contributed by atoms with E-state index < -0.39 is 0 Å². The van der Waals surface area contributed by atoms with Crippen LogP contribution in [0.15, 0.2) is 0 Å². The monoisotopic (exact) mass is 199 g/mol. The molecule has 0 aliphatic carbocycles. The van der Waals surface area contributed by atoms with E-state index in [0.717, 1.165) is 13.1 Å². The van der Waals surface area contributed by atoms with E-state index in [1.807, 2.05) is 0 Å². The molecule has 0 aromatic heterocycles. The Morgan fingerprint density at radius 3 is 1.50 bits per heavy atom. The van der Waals surface area contributed by atoms with Crippen LogP contribution in [0.5, 0.6) is 0 Å². The van der Waals surface area contributed by atoms with Gasteiger partial charge in [-0.3, -0.25) is 0 Å². The van der Waals surface area contributed by atoms with Gasteiger partial charge in [0.1, 0.15) is 0 Å². The molecule has 1 aliphatic heterocycles. The van der Waals surface area contributed by atoms with E-state index in [1.54, 1.807) is 0 Å². The van der Waals surface area contributed by atoms with Gasteiger partial charge in [0, 0.05) is 13.1 Å². The third-order valence-electron chi connectivity index (χ3n) is 2.92. The first-order valence-electron chi connectivity index (χ1n) is 5.57. The first kappa shape index (κ1) is 12.0. The predicted molar refractivity (Wildman–Crippen MR) is 60.4 cm³/mol. The Bertz CT molecular complexity index is 167. The third kappa shape index (κ3) is 2.96. The molecule has 1 aliphatic rings. The molecule has 1 saturated heterocycles. The zero-order valence-electron chi connectivity index (χ0n) is 10.5. The van der Waals surface area contributed by atoms with E-state index in [0.29, 0.717) is 12.2 Å². The predicted octanol–water partition coefficient (Wildman–Crippen LogP) is 2.44. The van der Waals surface area contributed by atoms with Crippen molar-refractivity contribution < 1.29 is 4.74 Å². The standard InChI is InChI=1S/C12H25NO/c1-11(2,3)9-7-13-8-10(14-9)12(4,5)6/h9-10,13H,7-8H2,1-6H3/t9-,10-/m1/s1. The maximum absolute atomic E-state index is 6.15. The lowest BCUT2D eigenvalue weighted by Gasteiger charge is -2.43. The number of hydrogen-bond donors (Lipinski definition) is 1. The van der Waals surface area contributed by atoms with Gasteiger partial charge < -0.3 is 10.1 Å². The highest BCUT2D eigenvalue weighted by atomic mass is 16.5. The molecule has 0 saturated carbocycles. The molecule has 0 aromatic carbocycles. The normalized spacial score (nSPS) is 30.4. The lowest BCUT2D eigenvalue weighted by molar-refractivity contribution is -0.124. The van der Waals surface area contributed by atoms with Crippen molar-refractivity contribution in [2.45, 2.75) is 53.8 Å². The number of nitrogens with one attached hydrogen (secondary N) is 1. The topological polar surface area (TPSA) is 21.3 Å². The fraction of sp³-hybridized carbons (Fsp3) is 1.00. The Labute approximate surface area is 88.4 Å². The molecule has 0 bridgehead atoms. The van der Waals surface area contributed by atoms with Gasteiger partial charge in [-0.25, -0.2) is 0 Å². The summed E-state index contributed by atoms with van der Waals surface area (Å²) >= 11 is 0. The van der Waals surface area contributed by atoms with Crippen molar-refractivity contribution in [1.29, 1.82) is 0 Å². The Morgan fingerprint density at radius 2 is 1.21 bits per heavy atom. The molecule has 0 spiro atoms. The van der Waals surface area contributed by atoms with Gasteiger partial charge in [0.05, 0.1) is 12.2 Å². The second-order valence-corrected chi connectivity index (χ2v) is 6.50. The van der Waals surface area contributed by atoms with Crippen molar-refractivity contribution in [3.8, 4) is 0 Å². The Hall–Kier alpha value is -0.0800. The van der Waals surface area contributed by atoms with Gasteiger partial charge in [0.25, 0.3) is 0 Å². The lowest BCUT2D eigenvalue weighted by Crippen LogP contribution is -2.53. The van der Waals surface area contributed by atoms with E-state index >= 15 is 0 Å². The van der Waals surface area contributed by atoms with Crippen LogP contribution in [0.2, 0.25) is 0 Å². The van der Waals surface area contributed by atoms with Crippen molar-refractivity contribution in [2.24, 2.45) is 10.8 Å². The molecule has 0 aromatic rings. The molecule has 0 radical (unpaired) electrons. The molecule has 1 N–H and O–H groups in total. The van der Waals surface area contributed by atoms with Gasteiger partial charge >= 0.3 is 0 Å². The maximum Gasteiger partial charge on any atom is 0.0752 e. The van der Waals surface area contributed by atoms with E-state index in [1.165, 1.54) is 0 Å². The minimum atomic E-state index is 0.233. The van der Waals surface area contributed by atoms with E-state index in [2.05, 4.69) is 46.9 Å². The number of rotatable bonds is 0. The molecule has 0 amide bonds. The van der Waals surface area contributed by atoms with Crippen molar-refractivity contribution in [1.82, 2.24) is 5.32 Å². The summed E-state index contributed by atoms with van der Waals surface area (Å²) in [6.45, 7) is 15.4. The van der Waals surface area contributed by atoms with Gasteiger partial charge in [-0.2, -0.15) is 0 Å². The van der Waals surface area contributed by atoms with Crippen LogP contribution in [-0.4, -0.2) is 25.3 Å². The number of ether oxygens (including phenoxy) is 1. The molecule has 14 heavy (non-hydrogen) atoms. The zero-order valence-corrected chi connectivity index (χ0v) is 10.5. The molecule has 2 nitrogen and oxygen atoms in total. The van der Waals surface area contributed by atoms with E-state index in [4.69, 9.17) is 4.74 Å². The van der Waals surface area contributed by atoms with E-state index in [9.17, 15) is 0 Å². The van der Waals surface area contributed by atoms with Gasteiger partial charge in [-0.15, -0.1) is 0 Å². The highest BCUT2D eigenvalue weighted by Gasteiger charge is 2.36. The highest BCUT2D eigenvalue weighted by Crippen LogP contribution is 2.30. The smallest absolute Gasteiger partial charge is 0.0752 e. The summed E-state index contributed by atoms with van der Waals surface area (Å²) in [7, 11) is 0. The summed E-state index contributed by atoms with van der Waals surface area (Å²) in [5, 5.41) is 3.47. The first-order chi connectivity index (χ1) is 6.21. The molecule has 84 valence electrons. The summed E-state index contributed by atoms with van der Waals surface area (Å²) in [6, 6.07) is 0. The van der Waals surface area contributed by atoms with Crippen molar-refractivity contribution in [2.75, 3.05) is 13.1 Å². The Morgan fingerprint density at radius 1 is 0.857 bits per heavy atom. The van der Waals surface area contributed by atoms with Crippen LogP contribution in [0.25, 0.3) is 0 Å². The van der Waals surface area contributed by atoms with Gasteiger partial charge in [0.15, 0.2) is 0 Å². The summed E-state index contributed by atoms with van der Waals surface area (Å²) in [5.41, 5.74) is 0.466. The highest BCUT2D eigenvalue weighted by molar-refractivity contribution is 4.87. The van der Waals surface area contributed by atoms with Crippen LogP contribution in [-0.2, 0) is 4.74 Å². The quantitative estimate of drug-likeness (QED) is 0.647. The molecular formula is C12H25NO. The van der Waals surface area contributed by atoms with Crippen molar-refractivity contribution >= 4 is 0 Å². The molecule has 1 fully saturated rings. The van der Waals surface area contributed by atoms with E-state index in [-0.39, 0.29) is 10.8 Å².